The van der Waals surface area contributed by atoms with Crippen molar-refractivity contribution < 1.29 is 5.21 Å². The van der Waals surface area contributed by atoms with E-state index in [0.717, 1.165) is 9.80 Å². The zero-order valence-corrected chi connectivity index (χ0v) is 12.1. The van der Waals surface area contributed by atoms with Crippen LogP contribution in [0.2, 0.25) is 5.02 Å². The van der Waals surface area contributed by atoms with Crippen LogP contribution in [0.1, 0.15) is 5.56 Å². The molecule has 1 rings (SSSR count). The van der Waals surface area contributed by atoms with Crippen molar-refractivity contribution in [3.05, 3.63) is 45.2 Å². The monoisotopic (exact) mass is 287 g/mol. The van der Waals surface area contributed by atoms with Crippen LogP contribution in [0.15, 0.2) is 39.7 Å². The maximum atomic E-state index is 8.98. The molecule has 0 aliphatic carbocycles. The fourth-order valence-electron chi connectivity index (χ4n) is 1.26. The van der Waals surface area contributed by atoms with E-state index in [0.29, 0.717) is 17.2 Å². The third-order valence-corrected chi connectivity index (χ3v) is 4.41. The summed E-state index contributed by atoms with van der Waals surface area (Å²) >= 11 is 9.09. The highest BCUT2D eigenvalue weighted by atomic mass is 35.5. The van der Waals surface area contributed by atoms with Gasteiger partial charge in [0.2, 0.25) is 0 Å². The highest BCUT2D eigenvalue weighted by Gasteiger charge is 2.02. The molecule has 0 aliphatic rings. The van der Waals surface area contributed by atoms with Gasteiger partial charge in [-0.25, -0.2) is 0 Å². The summed E-state index contributed by atoms with van der Waals surface area (Å²) in [5, 5.41) is 13.0. The average molecular weight is 288 g/mol. The minimum absolute atomic E-state index is 0.596. The summed E-state index contributed by atoms with van der Waals surface area (Å²) in [5.41, 5.74) is 1.71. The van der Waals surface area contributed by atoms with Crippen LogP contribution in [0.4, 0.5) is 0 Å². The Morgan fingerprint density at radius 3 is 2.35 bits per heavy atom. The highest BCUT2D eigenvalue weighted by molar-refractivity contribution is 8.21. The molecule has 92 valence electrons. The van der Waals surface area contributed by atoms with Gasteiger partial charge in [-0.15, -0.1) is 23.5 Å². The smallest absolute Gasteiger partial charge is 0.0855 e. The quantitative estimate of drug-likeness (QED) is 0.498. The topological polar surface area (TPSA) is 32.6 Å². The van der Waals surface area contributed by atoms with Crippen LogP contribution in [-0.2, 0) is 6.42 Å². The molecular weight excluding hydrogens is 274 g/mol. The zero-order valence-electron chi connectivity index (χ0n) is 9.68. The first-order chi connectivity index (χ1) is 8.19. The van der Waals surface area contributed by atoms with Crippen molar-refractivity contribution in [1.29, 1.82) is 0 Å². The second-order valence-electron chi connectivity index (χ2n) is 3.27. The van der Waals surface area contributed by atoms with Crippen LogP contribution in [0.5, 0.6) is 0 Å². The van der Waals surface area contributed by atoms with E-state index in [4.69, 9.17) is 16.8 Å². The third-order valence-electron chi connectivity index (χ3n) is 2.11. The Morgan fingerprint density at radius 2 is 1.88 bits per heavy atom. The van der Waals surface area contributed by atoms with Crippen LogP contribution in [0.3, 0.4) is 0 Å². The Labute approximate surface area is 115 Å². The van der Waals surface area contributed by atoms with Crippen molar-refractivity contribution >= 4 is 40.8 Å². The summed E-state index contributed by atoms with van der Waals surface area (Å²) in [7, 11) is 0. The lowest BCUT2D eigenvalue weighted by Crippen LogP contribution is -2.00. The molecular formula is C12H14ClNOS2. The number of halogens is 1. The Bertz CT molecular complexity index is 409. The number of rotatable bonds is 5. The molecule has 0 atom stereocenters. The number of hydrogen-bond donors (Lipinski definition) is 1. The molecule has 0 aromatic heterocycles. The van der Waals surface area contributed by atoms with E-state index in [1.165, 1.54) is 0 Å². The molecule has 0 spiro atoms. The van der Waals surface area contributed by atoms with E-state index < -0.39 is 0 Å². The van der Waals surface area contributed by atoms with Gasteiger partial charge in [-0.05, 0) is 36.3 Å². The van der Waals surface area contributed by atoms with E-state index in [9.17, 15) is 0 Å². The largest absolute Gasteiger partial charge is 0.411 e. The Balaban J connectivity index is 2.77. The molecule has 0 heterocycles. The van der Waals surface area contributed by atoms with Gasteiger partial charge in [-0.1, -0.05) is 28.9 Å². The predicted molar refractivity (Wildman–Crippen MR) is 79.5 cm³/mol. The van der Waals surface area contributed by atoms with Gasteiger partial charge in [0.05, 0.1) is 5.71 Å². The van der Waals surface area contributed by atoms with E-state index in [2.05, 4.69) is 5.16 Å². The third kappa shape index (κ3) is 5.06. The minimum atomic E-state index is 0.596. The minimum Gasteiger partial charge on any atom is -0.411 e. The predicted octanol–water partition coefficient (Wildman–Crippen LogP) is 4.28. The van der Waals surface area contributed by atoms with E-state index in [1.807, 2.05) is 42.9 Å². The lowest BCUT2D eigenvalue weighted by Gasteiger charge is -2.03. The van der Waals surface area contributed by atoms with Crippen molar-refractivity contribution in [2.45, 2.75) is 6.42 Å². The molecule has 0 aliphatic heterocycles. The summed E-state index contributed by atoms with van der Waals surface area (Å²) in [6, 6.07) is 7.53. The Kier molecular flexibility index (Phi) is 6.55. The zero-order chi connectivity index (χ0) is 12.7. The molecule has 1 N–H and O–H groups in total. The summed E-state index contributed by atoms with van der Waals surface area (Å²) in [4.78, 5) is 0. The molecule has 0 fully saturated rings. The fraction of sp³-hybridized carbons (Fsp3) is 0.250. The Hall–Kier alpha value is -0.580. The standard InChI is InChI=1S/C12H14ClNOS2/c1-16-12(17-2)8-11(14-15)7-9-3-5-10(13)6-4-9/h3-6,8,15H,7H2,1-2H3/b14-11+. The molecule has 17 heavy (non-hydrogen) atoms. The lowest BCUT2D eigenvalue weighted by molar-refractivity contribution is 0.318. The van der Waals surface area contributed by atoms with Crippen LogP contribution >= 0.6 is 35.1 Å². The average Bonchev–Trinajstić information content (AvgIpc) is 2.37. The normalized spacial score (nSPS) is 11.4. The first-order valence-corrected chi connectivity index (χ1v) is 7.77. The SMILES string of the molecule is CSC(=C/C(Cc1ccc(Cl)cc1)=N/O)SC. The summed E-state index contributed by atoms with van der Waals surface area (Å²) in [6.07, 6.45) is 6.49. The van der Waals surface area contributed by atoms with Crippen LogP contribution in [0, 0.1) is 0 Å². The first kappa shape index (κ1) is 14.5. The van der Waals surface area contributed by atoms with Crippen LogP contribution in [-0.4, -0.2) is 23.4 Å². The number of benzene rings is 1. The molecule has 0 saturated heterocycles. The number of thioether (sulfide) groups is 2. The van der Waals surface area contributed by atoms with Crippen molar-refractivity contribution in [3.63, 3.8) is 0 Å². The van der Waals surface area contributed by atoms with Gasteiger partial charge < -0.3 is 5.21 Å². The fourth-order valence-corrected chi connectivity index (χ4v) is 2.56. The maximum Gasteiger partial charge on any atom is 0.0855 e. The van der Waals surface area contributed by atoms with E-state index >= 15 is 0 Å². The Morgan fingerprint density at radius 1 is 1.29 bits per heavy atom. The molecule has 0 unspecified atom stereocenters. The van der Waals surface area contributed by atoms with E-state index in [-0.39, 0.29) is 0 Å². The van der Waals surface area contributed by atoms with Crippen LogP contribution in [0.25, 0.3) is 0 Å². The van der Waals surface area contributed by atoms with Gasteiger partial charge in [-0.2, -0.15) is 0 Å². The summed E-state index contributed by atoms with van der Waals surface area (Å²) < 4.78 is 1.12. The second-order valence-corrected chi connectivity index (χ2v) is 5.66. The number of allylic oxidation sites excluding steroid dienone is 1. The molecule has 0 amide bonds. The van der Waals surface area contributed by atoms with E-state index in [1.54, 1.807) is 23.5 Å². The van der Waals surface area contributed by atoms with Crippen molar-refractivity contribution in [1.82, 2.24) is 0 Å². The number of hydrogen-bond acceptors (Lipinski definition) is 4. The molecule has 1 aromatic rings. The van der Waals surface area contributed by atoms with Crippen molar-refractivity contribution in [3.8, 4) is 0 Å². The van der Waals surface area contributed by atoms with Crippen molar-refractivity contribution in [2.24, 2.45) is 5.16 Å². The molecule has 0 saturated carbocycles. The second kappa shape index (κ2) is 7.69. The van der Waals surface area contributed by atoms with Gasteiger partial charge in [0, 0.05) is 15.7 Å². The summed E-state index contributed by atoms with van der Waals surface area (Å²) in [6.45, 7) is 0. The first-order valence-electron chi connectivity index (χ1n) is 4.94. The highest BCUT2D eigenvalue weighted by Crippen LogP contribution is 2.23. The van der Waals surface area contributed by atoms with Gasteiger partial charge in [0.1, 0.15) is 0 Å². The van der Waals surface area contributed by atoms with Gasteiger partial charge in [-0.3, -0.25) is 0 Å². The molecule has 0 radical (unpaired) electrons. The molecule has 2 nitrogen and oxygen atoms in total. The molecule has 0 bridgehead atoms. The molecule has 1 aromatic carbocycles. The number of nitrogens with zero attached hydrogens (tertiary/aromatic N) is 1. The summed E-state index contributed by atoms with van der Waals surface area (Å²) in [5.74, 6) is 0. The maximum absolute atomic E-state index is 8.98. The van der Waals surface area contributed by atoms with Gasteiger partial charge >= 0.3 is 0 Å². The lowest BCUT2D eigenvalue weighted by atomic mass is 10.1. The molecule has 5 heteroatoms. The van der Waals surface area contributed by atoms with Gasteiger partial charge in [0.15, 0.2) is 0 Å². The number of oxime groups is 1. The van der Waals surface area contributed by atoms with Crippen molar-refractivity contribution in [2.75, 3.05) is 12.5 Å². The van der Waals surface area contributed by atoms with Crippen LogP contribution < -0.4 is 0 Å². The van der Waals surface area contributed by atoms with Gasteiger partial charge in [0.25, 0.3) is 0 Å².